The molecule has 3 aromatic heterocycles. The summed E-state index contributed by atoms with van der Waals surface area (Å²) in [5.41, 5.74) is 9.28. The fraction of sp³-hybridized carbons (Fsp3) is 0.156. The Morgan fingerprint density at radius 1 is 0.889 bits per heavy atom. The molecule has 36 heavy (non-hydrogen) atoms. The van der Waals surface area contributed by atoms with Crippen molar-refractivity contribution in [2.45, 2.75) is 26.7 Å². The lowest BCUT2D eigenvalue weighted by molar-refractivity contribution is -0.660. The minimum atomic E-state index is 0.453. The molecule has 0 spiro atoms. The number of benzene rings is 3. The Morgan fingerprint density at radius 2 is 1.64 bits per heavy atom. The Bertz CT molecular complexity index is 1850. The van der Waals surface area contributed by atoms with Gasteiger partial charge >= 0.3 is 0 Å². The van der Waals surface area contributed by atoms with Crippen LogP contribution in [0.15, 0.2) is 83.5 Å². The molecule has 0 saturated heterocycles. The van der Waals surface area contributed by atoms with Gasteiger partial charge in [0.2, 0.25) is 5.69 Å². The number of fused-ring (bicyclic) bond motifs is 4. The zero-order valence-electron chi connectivity index (χ0n) is 20.8. The highest BCUT2D eigenvalue weighted by Gasteiger charge is 2.24. The maximum Gasteiger partial charge on any atom is 0.216 e. The molecule has 0 unspecified atom stereocenters. The number of hydrogen-bond donors (Lipinski definition) is 0. The van der Waals surface area contributed by atoms with E-state index in [0.717, 1.165) is 60.8 Å². The molecular weight excluding hydrogens is 442 g/mol. The summed E-state index contributed by atoms with van der Waals surface area (Å²) in [6.07, 6.45) is 3.99. The summed E-state index contributed by atoms with van der Waals surface area (Å²) < 4.78 is 8.92. The van der Waals surface area contributed by atoms with E-state index in [9.17, 15) is 5.26 Å². The van der Waals surface area contributed by atoms with Crippen LogP contribution in [-0.4, -0.2) is 4.98 Å². The van der Waals surface area contributed by atoms with E-state index in [1.54, 1.807) is 6.20 Å². The summed E-state index contributed by atoms with van der Waals surface area (Å²) in [5, 5.41) is 13.1. The molecule has 0 aliphatic carbocycles. The molecule has 0 amide bonds. The van der Waals surface area contributed by atoms with Gasteiger partial charge in [-0.05, 0) is 42.7 Å². The lowest BCUT2D eigenvalue weighted by Gasteiger charge is -2.09. The first-order valence-electron chi connectivity index (χ1n) is 12.2. The van der Waals surface area contributed by atoms with Crippen LogP contribution in [0.5, 0.6) is 0 Å². The smallest absolute Gasteiger partial charge is 0.216 e. The zero-order chi connectivity index (χ0) is 25.0. The van der Waals surface area contributed by atoms with Crippen LogP contribution in [0.2, 0.25) is 0 Å². The van der Waals surface area contributed by atoms with Gasteiger partial charge in [0.25, 0.3) is 0 Å². The molecule has 4 nitrogen and oxygen atoms in total. The Morgan fingerprint density at radius 3 is 2.39 bits per heavy atom. The van der Waals surface area contributed by atoms with Gasteiger partial charge in [0.05, 0.1) is 22.7 Å². The standard InChI is InChI=1S/C32H26N3O/c1-19(2)23-12-15-27(35(4)18-23)28-20(3)10-13-24-25-14-11-22(17-33)29(32(25)36-31(24)28)26-9-5-7-21-8-6-16-34-30(21)26/h5-16,18-19H,1-4H3/q+1. The number of aryl methyl sites for hydroxylation is 2. The SMILES string of the molecule is Cc1ccc2c(oc3c(-c4cccc5cccnc45)c(C#N)ccc32)c1-c1ccc(C(C)C)c[n+]1C. The Hall–Kier alpha value is -4.49. The van der Waals surface area contributed by atoms with E-state index in [-0.39, 0.29) is 0 Å². The predicted molar refractivity (Wildman–Crippen MR) is 145 cm³/mol. The number of hydrogen-bond acceptors (Lipinski definition) is 3. The summed E-state index contributed by atoms with van der Waals surface area (Å²) in [5.74, 6) is 0.453. The number of pyridine rings is 2. The van der Waals surface area contributed by atoms with Crippen molar-refractivity contribution in [3.05, 3.63) is 95.8 Å². The van der Waals surface area contributed by atoms with Crippen molar-refractivity contribution in [1.29, 1.82) is 5.26 Å². The minimum Gasteiger partial charge on any atom is -0.454 e. The number of para-hydroxylation sites is 1. The molecule has 0 atom stereocenters. The molecule has 0 aliphatic rings. The van der Waals surface area contributed by atoms with Gasteiger partial charge in [-0.15, -0.1) is 0 Å². The number of rotatable bonds is 3. The fourth-order valence-electron chi connectivity index (χ4n) is 5.22. The first kappa shape index (κ1) is 22.0. The number of nitrogens with zero attached hydrogens (tertiary/aromatic N) is 3. The molecule has 0 bridgehead atoms. The van der Waals surface area contributed by atoms with Crippen molar-refractivity contribution in [3.8, 4) is 28.5 Å². The van der Waals surface area contributed by atoms with Gasteiger partial charge in [-0.25, -0.2) is 4.57 Å². The summed E-state index contributed by atoms with van der Waals surface area (Å²) in [7, 11) is 2.09. The lowest BCUT2D eigenvalue weighted by Crippen LogP contribution is -2.31. The van der Waals surface area contributed by atoms with Gasteiger partial charge in [0.15, 0.2) is 6.20 Å². The molecule has 0 fully saturated rings. The minimum absolute atomic E-state index is 0.453. The number of aromatic nitrogens is 2. The van der Waals surface area contributed by atoms with Crippen LogP contribution in [0.4, 0.5) is 0 Å². The average Bonchev–Trinajstić information content (AvgIpc) is 3.26. The third kappa shape index (κ3) is 3.28. The van der Waals surface area contributed by atoms with Crippen LogP contribution in [-0.2, 0) is 7.05 Å². The molecule has 6 aromatic rings. The molecule has 0 aliphatic heterocycles. The van der Waals surface area contributed by atoms with E-state index in [0.29, 0.717) is 11.5 Å². The van der Waals surface area contributed by atoms with Crippen molar-refractivity contribution in [3.63, 3.8) is 0 Å². The monoisotopic (exact) mass is 468 g/mol. The normalized spacial score (nSPS) is 11.6. The second-order valence-corrected chi connectivity index (χ2v) is 9.71. The lowest BCUT2D eigenvalue weighted by atomic mass is 9.94. The van der Waals surface area contributed by atoms with E-state index in [1.807, 2.05) is 42.5 Å². The van der Waals surface area contributed by atoms with E-state index < -0.39 is 0 Å². The van der Waals surface area contributed by atoms with E-state index in [2.05, 4.69) is 73.9 Å². The second-order valence-electron chi connectivity index (χ2n) is 9.71. The summed E-state index contributed by atoms with van der Waals surface area (Å²) in [4.78, 5) is 4.65. The van der Waals surface area contributed by atoms with Crippen molar-refractivity contribution in [2.75, 3.05) is 0 Å². The highest BCUT2D eigenvalue weighted by Crippen LogP contribution is 2.43. The Labute approximate surface area is 210 Å². The Kier molecular flexibility index (Phi) is 5.09. The summed E-state index contributed by atoms with van der Waals surface area (Å²) in [6.45, 7) is 6.53. The first-order valence-corrected chi connectivity index (χ1v) is 12.2. The van der Waals surface area contributed by atoms with E-state index in [4.69, 9.17) is 4.42 Å². The first-order chi connectivity index (χ1) is 17.5. The summed E-state index contributed by atoms with van der Waals surface area (Å²) in [6, 6.07) is 25.0. The van der Waals surface area contributed by atoms with Crippen molar-refractivity contribution in [1.82, 2.24) is 4.98 Å². The van der Waals surface area contributed by atoms with Gasteiger partial charge in [-0.1, -0.05) is 50.2 Å². The van der Waals surface area contributed by atoms with Crippen molar-refractivity contribution in [2.24, 2.45) is 7.05 Å². The van der Waals surface area contributed by atoms with Crippen molar-refractivity contribution >= 4 is 32.8 Å². The number of nitriles is 1. The fourth-order valence-corrected chi connectivity index (χ4v) is 5.22. The molecule has 3 heterocycles. The topological polar surface area (TPSA) is 53.7 Å². The van der Waals surface area contributed by atoms with Crippen LogP contribution in [0.1, 0.15) is 36.5 Å². The highest BCUT2D eigenvalue weighted by molar-refractivity contribution is 6.15. The molecule has 3 aromatic carbocycles. The van der Waals surface area contributed by atoms with Crippen molar-refractivity contribution < 1.29 is 8.98 Å². The van der Waals surface area contributed by atoms with Gasteiger partial charge < -0.3 is 4.42 Å². The molecule has 0 radical (unpaired) electrons. The third-order valence-electron chi connectivity index (χ3n) is 7.12. The zero-order valence-corrected chi connectivity index (χ0v) is 20.8. The van der Waals surface area contributed by atoms with Gasteiger partial charge in [0, 0.05) is 45.1 Å². The van der Waals surface area contributed by atoms with Gasteiger partial charge in [-0.2, -0.15) is 5.26 Å². The highest BCUT2D eigenvalue weighted by atomic mass is 16.3. The maximum absolute atomic E-state index is 10.1. The van der Waals surface area contributed by atoms with Gasteiger partial charge in [-0.3, -0.25) is 4.98 Å². The van der Waals surface area contributed by atoms with Crippen LogP contribution in [0, 0.1) is 18.3 Å². The third-order valence-corrected chi connectivity index (χ3v) is 7.12. The van der Waals surface area contributed by atoms with Crippen LogP contribution >= 0.6 is 0 Å². The quantitative estimate of drug-likeness (QED) is 0.251. The molecular formula is C32H26N3O+. The Balaban J connectivity index is 1.71. The maximum atomic E-state index is 10.1. The molecule has 0 N–H and O–H groups in total. The predicted octanol–water partition coefficient (Wildman–Crippen LogP) is 7.60. The van der Waals surface area contributed by atoms with Gasteiger partial charge in [0.1, 0.15) is 18.2 Å². The van der Waals surface area contributed by atoms with Crippen LogP contribution in [0.3, 0.4) is 0 Å². The molecule has 6 rings (SSSR count). The van der Waals surface area contributed by atoms with E-state index >= 15 is 0 Å². The molecule has 4 heteroatoms. The van der Waals surface area contributed by atoms with Crippen LogP contribution in [0.25, 0.3) is 55.2 Å². The van der Waals surface area contributed by atoms with E-state index in [1.165, 1.54) is 5.56 Å². The molecule has 0 saturated carbocycles. The van der Waals surface area contributed by atoms with Crippen LogP contribution < -0.4 is 4.57 Å². The number of furan rings is 1. The summed E-state index contributed by atoms with van der Waals surface area (Å²) >= 11 is 0. The average molecular weight is 469 g/mol. The second kappa shape index (κ2) is 8.32. The molecule has 174 valence electrons. The largest absolute Gasteiger partial charge is 0.454 e.